The summed E-state index contributed by atoms with van der Waals surface area (Å²) in [7, 11) is 1.68. The van der Waals surface area contributed by atoms with Gasteiger partial charge in [0.1, 0.15) is 0 Å². The Morgan fingerprint density at radius 3 is 2.52 bits per heavy atom. The van der Waals surface area contributed by atoms with Gasteiger partial charge in [0.2, 0.25) is 0 Å². The van der Waals surface area contributed by atoms with Crippen molar-refractivity contribution in [1.82, 2.24) is 15.1 Å². The van der Waals surface area contributed by atoms with Gasteiger partial charge in [0.25, 0.3) is 0 Å². The number of nitrogens with zero attached hydrogens (tertiary/aromatic N) is 3. The molecule has 0 atom stereocenters. The number of methoxy groups -OCH3 is 1. The molecule has 2 rings (SSSR count). The Bertz CT molecular complexity index is 487. The number of benzene rings is 1. The van der Waals surface area contributed by atoms with Crippen LogP contribution in [0, 0.1) is 0 Å². The lowest BCUT2D eigenvalue weighted by molar-refractivity contribution is 0.0746. The van der Waals surface area contributed by atoms with Gasteiger partial charge in [0.05, 0.1) is 26.4 Å². The van der Waals surface area contributed by atoms with E-state index >= 15 is 0 Å². The second kappa shape index (κ2) is 11.8. The topological polar surface area (TPSA) is 49.3 Å². The first-order valence-corrected chi connectivity index (χ1v) is 9.19. The number of ether oxygens (including phenoxy) is 2. The maximum absolute atomic E-state index is 5.49. The summed E-state index contributed by atoms with van der Waals surface area (Å²) in [5.74, 6) is 0.997. The van der Waals surface area contributed by atoms with Crippen LogP contribution < -0.4 is 5.32 Å². The molecule has 0 unspecified atom stereocenters. The molecule has 25 heavy (non-hydrogen) atoms. The van der Waals surface area contributed by atoms with Crippen molar-refractivity contribution in [3.8, 4) is 0 Å². The van der Waals surface area contributed by atoms with Crippen molar-refractivity contribution in [2.24, 2.45) is 4.99 Å². The van der Waals surface area contributed by atoms with Gasteiger partial charge < -0.3 is 19.7 Å². The quantitative estimate of drug-likeness (QED) is 0.416. The fourth-order valence-electron chi connectivity index (χ4n) is 2.85. The van der Waals surface area contributed by atoms with E-state index in [1.54, 1.807) is 7.11 Å². The molecule has 1 heterocycles. The standard InChI is InChI=1S/C19H32N4O2/c1-3-20-19(21-9-14-25-16-15-24-2)23-12-10-22(11-13-23)17-18-7-5-4-6-8-18/h4-8H,3,9-17H2,1-2H3,(H,20,21). The first-order valence-electron chi connectivity index (χ1n) is 9.19. The van der Waals surface area contributed by atoms with E-state index in [0.717, 1.165) is 45.2 Å². The Kier molecular flexibility index (Phi) is 9.33. The number of hydrogen-bond donors (Lipinski definition) is 1. The maximum Gasteiger partial charge on any atom is 0.194 e. The van der Waals surface area contributed by atoms with Crippen LogP contribution in [-0.2, 0) is 16.0 Å². The third-order valence-corrected chi connectivity index (χ3v) is 4.18. The van der Waals surface area contributed by atoms with E-state index in [-0.39, 0.29) is 0 Å². The summed E-state index contributed by atoms with van der Waals surface area (Å²) in [6.45, 7) is 10.7. The molecule has 1 saturated heterocycles. The fraction of sp³-hybridized carbons (Fsp3) is 0.632. The molecule has 0 saturated carbocycles. The van der Waals surface area contributed by atoms with Crippen molar-refractivity contribution < 1.29 is 9.47 Å². The predicted octanol–water partition coefficient (Wildman–Crippen LogP) is 1.43. The van der Waals surface area contributed by atoms with Crippen LogP contribution in [0.3, 0.4) is 0 Å². The van der Waals surface area contributed by atoms with E-state index in [1.807, 2.05) is 0 Å². The van der Waals surface area contributed by atoms with Crippen molar-refractivity contribution in [3.63, 3.8) is 0 Å². The summed E-state index contributed by atoms with van der Waals surface area (Å²) in [6, 6.07) is 10.7. The average Bonchev–Trinajstić information content (AvgIpc) is 2.65. The summed E-state index contributed by atoms with van der Waals surface area (Å²) >= 11 is 0. The third kappa shape index (κ3) is 7.42. The van der Waals surface area contributed by atoms with Gasteiger partial charge in [-0.25, -0.2) is 0 Å². The molecule has 0 amide bonds. The first kappa shape index (κ1) is 19.7. The summed E-state index contributed by atoms with van der Waals surface area (Å²) in [5, 5.41) is 3.40. The summed E-state index contributed by atoms with van der Waals surface area (Å²) < 4.78 is 10.5. The Labute approximate surface area is 151 Å². The highest BCUT2D eigenvalue weighted by Crippen LogP contribution is 2.08. The molecule has 0 aromatic heterocycles. The lowest BCUT2D eigenvalue weighted by Gasteiger charge is -2.36. The smallest absolute Gasteiger partial charge is 0.194 e. The number of rotatable bonds is 9. The summed E-state index contributed by atoms with van der Waals surface area (Å²) in [4.78, 5) is 9.54. The number of guanidine groups is 1. The van der Waals surface area contributed by atoms with E-state index in [2.05, 4.69) is 52.4 Å². The van der Waals surface area contributed by atoms with Crippen LogP contribution in [0.2, 0.25) is 0 Å². The normalized spacial score (nSPS) is 16.2. The monoisotopic (exact) mass is 348 g/mol. The number of hydrogen-bond acceptors (Lipinski definition) is 4. The van der Waals surface area contributed by atoms with E-state index in [0.29, 0.717) is 26.4 Å². The van der Waals surface area contributed by atoms with E-state index in [4.69, 9.17) is 14.5 Å². The molecule has 1 fully saturated rings. The van der Waals surface area contributed by atoms with Crippen molar-refractivity contribution >= 4 is 5.96 Å². The molecule has 1 aromatic rings. The molecule has 1 aromatic carbocycles. The minimum atomic E-state index is 0.626. The van der Waals surface area contributed by atoms with Crippen molar-refractivity contribution in [1.29, 1.82) is 0 Å². The van der Waals surface area contributed by atoms with Gasteiger partial charge in [0, 0.05) is 46.4 Å². The molecule has 6 heteroatoms. The van der Waals surface area contributed by atoms with Crippen LogP contribution in [0.4, 0.5) is 0 Å². The molecular weight excluding hydrogens is 316 g/mol. The fourth-order valence-corrected chi connectivity index (χ4v) is 2.85. The van der Waals surface area contributed by atoms with Gasteiger partial charge in [-0.05, 0) is 12.5 Å². The molecule has 0 spiro atoms. The van der Waals surface area contributed by atoms with E-state index < -0.39 is 0 Å². The zero-order valence-electron chi connectivity index (χ0n) is 15.6. The number of nitrogens with one attached hydrogen (secondary N) is 1. The zero-order valence-corrected chi connectivity index (χ0v) is 15.6. The molecule has 0 radical (unpaired) electrons. The Hall–Kier alpha value is -1.63. The van der Waals surface area contributed by atoms with Crippen LogP contribution in [0.15, 0.2) is 35.3 Å². The molecular formula is C19H32N4O2. The molecule has 140 valence electrons. The Balaban J connectivity index is 1.75. The second-order valence-electron chi connectivity index (χ2n) is 6.09. The largest absolute Gasteiger partial charge is 0.382 e. The molecule has 1 N–H and O–H groups in total. The highest BCUT2D eigenvalue weighted by atomic mass is 16.5. The van der Waals surface area contributed by atoms with Gasteiger partial charge in [-0.15, -0.1) is 0 Å². The lowest BCUT2D eigenvalue weighted by atomic mass is 10.2. The minimum absolute atomic E-state index is 0.626. The van der Waals surface area contributed by atoms with Gasteiger partial charge in [0.15, 0.2) is 5.96 Å². The molecule has 0 bridgehead atoms. The van der Waals surface area contributed by atoms with Gasteiger partial charge in [-0.3, -0.25) is 9.89 Å². The first-order chi connectivity index (χ1) is 12.3. The molecule has 1 aliphatic heterocycles. The van der Waals surface area contributed by atoms with Gasteiger partial charge >= 0.3 is 0 Å². The van der Waals surface area contributed by atoms with Crippen LogP contribution in [-0.4, -0.2) is 82.0 Å². The Morgan fingerprint density at radius 1 is 1.08 bits per heavy atom. The van der Waals surface area contributed by atoms with Crippen molar-refractivity contribution in [2.45, 2.75) is 13.5 Å². The van der Waals surface area contributed by atoms with Crippen LogP contribution in [0.5, 0.6) is 0 Å². The lowest BCUT2D eigenvalue weighted by Crippen LogP contribution is -2.52. The molecule has 6 nitrogen and oxygen atoms in total. The van der Waals surface area contributed by atoms with Crippen LogP contribution >= 0.6 is 0 Å². The summed E-state index contributed by atoms with van der Waals surface area (Å²) in [6.07, 6.45) is 0. The van der Waals surface area contributed by atoms with Gasteiger partial charge in [-0.2, -0.15) is 0 Å². The zero-order chi connectivity index (χ0) is 17.7. The third-order valence-electron chi connectivity index (χ3n) is 4.18. The number of piperazine rings is 1. The predicted molar refractivity (Wildman–Crippen MR) is 102 cm³/mol. The van der Waals surface area contributed by atoms with Crippen molar-refractivity contribution in [2.75, 3.05) is 66.2 Å². The van der Waals surface area contributed by atoms with Crippen LogP contribution in [0.1, 0.15) is 12.5 Å². The average molecular weight is 348 g/mol. The SMILES string of the molecule is CCNC(=NCCOCCOC)N1CCN(Cc2ccccc2)CC1. The van der Waals surface area contributed by atoms with Crippen molar-refractivity contribution in [3.05, 3.63) is 35.9 Å². The van der Waals surface area contributed by atoms with Gasteiger partial charge in [-0.1, -0.05) is 30.3 Å². The summed E-state index contributed by atoms with van der Waals surface area (Å²) in [5.41, 5.74) is 1.38. The number of aliphatic imine (C=N–C) groups is 1. The molecule has 0 aliphatic carbocycles. The van der Waals surface area contributed by atoms with E-state index in [9.17, 15) is 0 Å². The maximum atomic E-state index is 5.49. The van der Waals surface area contributed by atoms with E-state index in [1.165, 1.54) is 5.56 Å². The Morgan fingerprint density at radius 2 is 1.84 bits per heavy atom. The van der Waals surface area contributed by atoms with Crippen LogP contribution in [0.25, 0.3) is 0 Å². The minimum Gasteiger partial charge on any atom is -0.382 e. The highest BCUT2D eigenvalue weighted by Gasteiger charge is 2.19. The second-order valence-corrected chi connectivity index (χ2v) is 6.09. The molecule has 1 aliphatic rings. The highest BCUT2D eigenvalue weighted by molar-refractivity contribution is 5.80.